The molecule has 1 amide bonds. The molecule has 0 radical (unpaired) electrons. The van der Waals surface area contributed by atoms with Crippen molar-refractivity contribution in [3.05, 3.63) is 52.1 Å². The highest BCUT2D eigenvalue weighted by Crippen LogP contribution is 2.25. The zero-order valence-electron chi connectivity index (χ0n) is 15.8. The largest absolute Gasteiger partial charge is 0.352 e. The second-order valence-electron chi connectivity index (χ2n) is 7.23. The smallest absolute Gasteiger partial charge is 0.267 e. The lowest BCUT2D eigenvalue weighted by molar-refractivity contribution is -0.119. The van der Waals surface area contributed by atoms with Gasteiger partial charge in [-0.1, -0.05) is 49.7 Å². The van der Waals surface area contributed by atoms with Gasteiger partial charge >= 0.3 is 0 Å². The molecule has 0 saturated heterocycles. The second kappa shape index (κ2) is 8.49. The number of nitrogens with one attached hydrogen (secondary N) is 1. The molecule has 5 nitrogen and oxygen atoms in total. The van der Waals surface area contributed by atoms with Gasteiger partial charge in [0.05, 0.1) is 16.8 Å². The third kappa shape index (κ3) is 4.00. The molecule has 2 aromatic heterocycles. The quantitative estimate of drug-likeness (QED) is 0.502. The molecule has 146 valence electrons. The van der Waals surface area contributed by atoms with Gasteiger partial charge in [0.2, 0.25) is 5.91 Å². The third-order valence-electron chi connectivity index (χ3n) is 5.27. The minimum atomic E-state index is -0.0961. The third-order valence-corrected chi connectivity index (χ3v) is 7.02. The lowest BCUT2D eigenvalue weighted by Crippen LogP contribution is -2.41. The molecule has 2 unspecified atom stereocenters. The van der Waals surface area contributed by atoms with E-state index in [0.717, 1.165) is 12.1 Å². The van der Waals surface area contributed by atoms with Gasteiger partial charge in [-0.3, -0.25) is 14.2 Å². The number of rotatable bonds is 5. The Morgan fingerprint density at radius 1 is 1.25 bits per heavy atom. The Morgan fingerprint density at radius 3 is 2.82 bits per heavy atom. The zero-order valence-corrected chi connectivity index (χ0v) is 17.4. The number of thiophene rings is 1. The van der Waals surface area contributed by atoms with Gasteiger partial charge in [-0.2, -0.15) is 0 Å². The van der Waals surface area contributed by atoms with E-state index in [4.69, 9.17) is 0 Å². The van der Waals surface area contributed by atoms with Gasteiger partial charge in [-0.15, -0.1) is 11.3 Å². The maximum Gasteiger partial charge on any atom is 0.267 e. The van der Waals surface area contributed by atoms with Crippen LogP contribution in [0.2, 0.25) is 0 Å². The average molecular weight is 414 g/mol. The average Bonchev–Trinajstić information content (AvgIpc) is 3.18. The second-order valence-corrected chi connectivity index (χ2v) is 9.07. The fourth-order valence-corrected chi connectivity index (χ4v) is 5.33. The highest BCUT2D eigenvalue weighted by molar-refractivity contribution is 7.99. The van der Waals surface area contributed by atoms with Crippen LogP contribution in [-0.4, -0.2) is 27.3 Å². The molecule has 4 rings (SSSR count). The van der Waals surface area contributed by atoms with Crippen LogP contribution in [0.1, 0.15) is 32.6 Å². The Kier molecular flexibility index (Phi) is 5.82. The topological polar surface area (TPSA) is 64.0 Å². The van der Waals surface area contributed by atoms with Crippen LogP contribution in [-0.2, 0) is 4.79 Å². The van der Waals surface area contributed by atoms with Crippen molar-refractivity contribution in [2.45, 2.75) is 43.8 Å². The van der Waals surface area contributed by atoms with Crippen LogP contribution in [0, 0.1) is 5.92 Å². The number of hydrogen-bond acceptors (Lipinski definition) is 5. The van der Waals surface area contributed by atoms with Crippen LogP contribution in [0.4, 0.5) is 0 Å². The predicted octanol–water partition coefficient (Wildman–Crippen LogP) is 4.23. The zero-order chi connectivity index (χ0) is 19.5. The molecule has 1 aromatic carbocycles. The van der Waals surface area contributed by atoms with Crippen LogP contribution >= 0.6 is 23.1 Å². The first-order valence-corrected chi connectivity index (χ1v) is 11.5. The predicted molar refractivity (Wildman–Crippen MR) is 116 cm³/mol. The number of hydrogen-bond donors (Lipinski definition) is 1. The van der Waals surface area contributed by atoms with Gasteiger partial charge in [0, 0.05) is 6.04 Å². The number of benzene rings is 1. The number of amides is 1. The van der Waals surface area contributed by atoms with Crippen molar-refractivity contribution in [3.8, 4) is 5.69 Å². The first kappa shape index (κ1) is 19.2. The number of thioether (sulfide) groups is 1. The number of fused-ring (bicyclic) bond motifs is 1. The van der Waals surface area contributed by atoms with Crippen LogP contribution in [0.3, 0.4) is 0 Å². The minimum Gasteiger partial charge on any atom is -0.352 e. The molecule has 3 aromatic rings. The van der Waals surface area contributed by atoms with Gasteiger partial charge in [-0.25, -0.2) is 4.98 Å². The molecule has 1 aliphatic carbocycles. The Labute approximate surface area is 172 Å². The van der Waals surface area contributed by atoms with Crippen LogP contribution < -0.4 is 10.9 Å². The van der Waals surface area contributed by atoms with E-state index in [-0.39, 0.29) is 23.3 Å². The molecule has 1 saturated carbocycles. The number of carbonyl (C=O) groups excluding carboxylic acids is 1. The van der Waals surface area contributed by atoms with Gasteiger partial charge < -0.3 is 5.32 Å². The van der Waals surface area contributed by atoms with Crippen molar-refractivity contribution < 1.29 is 4.79 Å². The summed E-state index contributed by atoms with van der Waals surface area (Å²) in [5.74, 6) is 0.772. The standard InChI is InChI=1S/C21H23N3O2S2/c1-14-7-5-6-10-17(14)22-18(25)13-28-21-23-19-16(11-12-27-19)20(26)24(21)15-8-3-2-4-9-15/h2-4,8-9,11-12,14,17H,5-7,10,13H2,1H3,(H,22,25). The maximum absolute atomic E-state index is 13.0. The lowest BCUT2D eigenvalue weighted by Gasteiger charge is -2.29. The molecule has 7 heteroatoms. The molecule has 2 heterocycles. The van der Waals surface area contributed by atoms with E-state index in [1.54, 1.807) is 10.6 Å². The molecule has 0 aliphatic heterocycles. The van der Waals surface area contributed by atoms with Crippen LogP contribution in [0.25, 0.3) is 15.9 Å². The number of para-hydroxylation sites is 1. The lowest BCUT2D eigenvalue weighted by atomic mass is 9.86. The van der Waals surface area contributed by atoms with Crippen molar-refractivity contribution in [2.75, 3.05) is 5.75 Å². The summed E-state index contributed by atoms with van der Waals surface area (Å²) in [6.07, 6.45) is 4.64. The summed E-state index contributed by atoms with van der Waals surface area (Å²) < 4.78 is 1.61. The highest BCUT2D eigenvalue weighted by atomic mass is 32.2. The molecule has 1 fully saturated rings. The first-order chi connectivity index (χ1) is 13.6. The van der Waals surface area contributed by atoms with E-state index in [1.807, 2.05) is 35.7 Å². The maximum atomic E-state index is 13.0. The van der Waals surface area contributed by atoms with Crippen molar-refractivity contribution in [3.63, 3.8) is 0 Å². The van der Waals surface area contributed by atoms with Gasteiger partial charge in [0.15, 0.2) is 5.16 Å². The van der Waals surface area contributed by atoms with Crippen molar-refractivity contribution in [1.29, 1.82) is 0 Å². The van der Waals surface area contributed by atoms with Crippen molar-refractivity contribution in [2.24, 2.45) is 5.92 Å². The van der Waals surface area contributed by atoms with Gasteiger partial charge in [0.25, 0.3) is 5.56 Å². The molecule has 1 aliphatic rings. The summed E-state index contributed by atoms with van der Waals surface area (Å²) in [6.45, 7) is 2.20. The molecular weight excluding hydrogens is 390 g/mol. The molecular formula is C21H23N3O2S2. The highest BCUT2D eigenvalue weighted by Gasteiger charge is 2.23. The van der Waals surface area contributed by atoms with E-state index < -0.39 is 0 Å². The summed E-state index contributed by atoms with van der Waals surface area (Å²) in [5, 5.41) is 6.21. The molecule has 1 N–H and O–H groups in total. The molecule has 2 atom stereocenters. The van der Waals surface area contributed by atoms with Gasteiger partial charge in [-0.05, 0) is 42.3 Å². The Balaban J connectivity index is 1.58. The SMILES string of the molecule is CC1CCCCC1NC(=O)CSc1nc2sccc2c(=O)n1-c1ccccc1. The molecule has 0 bridgehead atoms. The van der Waals surface area contributed by atoms with E-state index in [0.29, 0.717) is 21.3 Å². The van der Waals surface area contributed by atoms with E-state index in [2.05, 4.69) is 17.2 Å². The summed E-state index contributed by atoms with van der Waals surface area (Å²) in [7, 11) is 0. The Hall–Kier alpha value is -2.12. The van der Waals surface area contributed by atoms with Crippen molar-refractivity contribution in [1.82, 2.24) is 14.9 Å². The number of carbonyl (C=O) groups is 1. The monoisotopic (exact) mass is 413 g/mol. The van der Waals surface area contributed by atoms with Crippen LogP contribution in [0.5, 0.6) is 0 Å². The fourth-order valence-electron chi connectivity index (χ4n) is 3.71. The Bertz CT molecular complexity index is 1030. The summed E-state index contributed by atoms with van der Waals surface area (Å²) in [5.41, 5.74) is 0.665. The normalized spacial score (nSPS) is 19.6. The summed E-state index contributed by atoms with van der Waals surface area (Å²) in [6, 6.07) is 11.5. The Morgan fingerprint density at radius 2 is 2.04 bits per heavy atom. The molecule has 28 heavy (non-hydrogen) atoms. The first-order valence-electron chi connectivity index (χ1n) is 9.61. The number of nitrogens with zero attached hydrogens (tertiary/aromatic N) is 2. The number of aromatic nitrogens is 2. The van der Waals surface area contributed by atoms with E-state index in [1.165, 1.54) is 42.4 Å². The summed E-state index contributed by atoms with van der Waals surface area (Å²) >= 11 is 2.76. The minimum absolute atomic E-state index is 0.00360. The fraction of sp³-hybridized carbons (Fsp3) is 0.381. The molecule has 0 spiro atoms. The van der Waals surface area contributed by atoms with E-state index in [9.17, 15) is 9.59 Å². The van der Waals surface area contributed by atoms with Gasteiger partial charge in [0.1, 0.15) is 4.83 Å². The summed E-state index contributed by atoms with van der Waals surface area (Å²) in [4.78, 5) is 30.9. The van der Waals surface area contributed by atoms with Crippen LogP contribution in [0.15, 0.2) is 51.7 Å². The van der Waals surface area contributed by atoms with Crippen molar-refractivity contribution >= 4 is 39.2 Å². The van der Waals surface area contributed by atoms with E-state index >= 15 is 0 Å².